The molecule has 0 bridgehead atoms. The predicted octanol–water partition coefficient (Wildman–Crippen LogP) is 1.13. The number of fused-ring (bicyclic) bond motifs is 1. The molecule has 0 N–H and O–H groups in total. The van der Waals surface area contributed by atoms with Crippen LogP contribution >= 0.6 is 15.9 Å². The second-order valence-corrected chi connectivity index (χ2v) is 5.97. The van der Waals surface area contributed by atoms with E-state index in [4.69, 9.17) is 0 Å². The van der Waals surface area contributed by atoms with Crippen LogP contribution in [-0.4, -0.2) is 29.4 Å². The molecule has 0 aliphatic carbocycles. The van der Waals surface area contributed by atoms with Gasteiger partial charge in [-0.2, -0.15) is 5.10 Å². The van der Waals surface area contributed by atoms with Gasteiger partial charge in [-0.05, 0) is 22.0 Å². The van der Waals surface area contributed by atoms with E-state index >= 15 is 0 Å². The summed E-state index contributed by atoms with van der Waals surface area (Å²) in [5.74, 6) is 0. The average molecular weight is 290 g/mol. The summed E-state index contributed by atoms with van der Waals surface area (Å²) in [7, 11) is -1.51. The highest BCUT2D eigenvalue weighted by Gasteiger charge is 2.15. The van der Waals surface area contributed by atoms with Gasteiger partial charge in [-0.15, -0.1) is 0 Å². The molecule has 7 heteroatoms. The minimum atomic E-state index is -3.26. The second-order valence-electron chi connectivity index (χ2n) is 3.23. The number of rotatable bonds is 1. The van der Waals surface area contributed by atoms with Crippen LogP contribution in [0.15, 0.2) is 21.8 Å². The molecule has 0 spiro atoms. The highest BCUT2D eigenvalue weighted by molar-refractivity contribution is 9.10. The van der Waals surface area contributed by atoms with Gasteiger partial charge in [0.1, 0.15) is 9.50 Å². The van der Waals surface area contributed by atoms with Gasteiger partial charge in [0.15, 0.2) is 15.5 Å². The predicted molar refractivity (Wildman–Crippen MR) is 59.3 cm³/mol. The summed E-state index contributed by atoms with van der Waals surface area (Å²) in [5.41, 5.74) is 0.647. The molecule has 0 fully saturated rings. The summed E-state index contributed by atoms with van der Waals surface area (Å²) in [6, 6.07) is 1.56. The fourth-order valence-electron chi connectivity index (χ4n) is 1.30. The third kappa shape index (κ3) is 1.76. The molecule has 2 aromatic rings. The third-order valence-corrected chi connectivity index (χ3v) is 4.01. The topological polar surface area (TPSA) is 64.8 Å². The lowest BCUT2D eigenvalue weighted by Gasteiger charge is -2.01. The van der Waals surface area contributed by atoms with Crippen molar-refractivity contribution < 1.29 is 8.42 Å². The zero-order chi connectivity index (χ0) is 11.2. The minimum Gasteiger partial charge on any atom is -0.250 e. The van der Waals surface area contributed by atoms with Crippen LogP contribution in [0.25, 0.3) is 11.0 Å². The Morgan fingerprint density at radius 3 is 2.73 bits per heavy atom. The molecule has 5 nitrogen and oxygen atoms in total. The molecule has 80 valence electrons. The number of pyridine rings is 1. The van der Waals surface area contributed by atoms with Crippen LogP contribution in [-0.2, 0) is 16.9 Å². The first-order valence-electron chi connectivity index (χ1n) is 4.08. The van der Waals surface area contributed by atoms with Gasteiger partial charge in [-0.1, -0.05) is 0 Å². The smallest absolute Gasteiger partial charge is 0.178 e. The number of sulfone groups is 1. The first-order chi connectivity index (χ1) is 6.89. The molecule has 2 heterocycles. The van der Waals surface area contributed by atoms with E-state index in [0.717, 1.165) is 6.26 Å². The maximum absolute atomic E-state index is 11.4. The summed E-state index contributed by atoms with van der Waals surface area (Å²) in [5, 5.41) is 4.71. The van der Waals surface area contributed by atoms with Gasteiger partial charge >= 0.3 is 0 Å². The summed E-state index contributed by atoms with van der Waals surface area (Å²) >= 11 is 3.14. The lowest BCUT2D eigenvalue weighted by molar-refractivity contribution is 0.601. The molecule has 0 amide bonds. The molecule has 2 rings (SSSR count). The van der Waals surface area contributed by atoms with E-state index in [0.29, 0.717) is 15.6 Å². The number of hydrogen-bond acceptors (Lipinski definition) is 4. The van der Waals surface area contributed by atoms with Gasteiger partial charge in [0, 0.05) is 18.7 Å². The Hall–Kier alpha value is -0.950. The van der Waals surface area contributed by atoms with E-state index in [-0.39, 0.29) is 4.90 Å². The molecule has 0 saturated heterocycles. The van der Waals surface area contributed by atoms with Crippen molar-refractivity contribution in [3.8, 4) is 0 Å². The maximum atomic E-state index is 11.4. The Morgan fingerprint density at radius 2 is 2.13 bits per heavy atom. The summed E-state index contributed by atoms with van der Waals surface area (Å²) in [6.45, 7) is 0. The highest BCUT2D eigenvalue weighted by Crippen LogP contribution is 2.24. The average Bonchev–Trinajstić information content (AvgIpc) is 2.45. The van der Waals surface area contributed by atoms with Gasteiger partial charge in [-0.25, -0.2) is 13.4 Å². The lowest BCUT2D eigenvalue weighted by atomic mass is 10.4. The Morgan fingerprint density at radius 1 is 1.47 bits per heavy atom. The molecule has 0 aromatic carbocycles. The Labute approximate surface area is 95.2 Å². The lowest BCUT2D eigenvalue weighted by Crippen LogP contribution is -2.01. The summed E-state index contributed by atoms with van der Waals surface area (Å²) in [4.78, 5) is 4.32. The van der Waals surface area contributed by atoms with Gasteiger partial charge in [0.05, 0.1) is 6.20 Å². The van der Waals surface area contributed by atoms with E-state index < -0.39 is 9.84 Å². The number of nitrogens with zero attached hydrogens (tertiary/aromatic N) is 3. The summed E-state index contributed by atoms with van der Waals surface area (Å²) in [6.07, 6.45) is 2.74. The molecular formula is C8H8BrN3O2S. The van der Waals surface area contributed by atoms with Crippen molar-refractivity contribution in [3.05, 3.63) is 16.9 Å². The third-order valence-electron chi connectivity index (χ3n) is 2.03. The summed E-state index contributed by atoms with van der Waals surface area (Å²) < 4.78 is 24.7. The fourth-order valence-corrected chi connectivity index (χ4v) is 3.15. The van der Waals surface area contributed by atoms with Gasteiger partial charge < -0.3 is 0 Å². The monoisotopic (exact) mass is 289 g/mol. The van der Waals surface area contributed by atoms with Crippen molar-refractivity contribution in [2.24, 2.45) is 7.05 Å². The molecule has 2 aromatic heterocycles. The fraction of sp³-hybridized carbons (Fsp3) is 0.250. The van der Waals surface area contributed by atoms with Crippen LogP contribution < -0.4 is 0 Å². The second kappa shape index (κ2) is 3.28. The molecule has 0 atom stereocenters. The van der Waals surface area contributed by atoms with E-state index in [2.05, 4.69) is 26.0 Å². The number of aryl methyl sites for hydroxylation is 1. The maximum Gasteiger partial charge on any atom is 0.178 e. The normalized spacial score (nSPS) is 12.2. The molecule has 0 unspecified atom stereocenters. The molecule has 0 aliphatic heterocycles. The molecular weight excluding hydrogens is 282 g/mol. The molecule has 0 aliphatic rings. The Balaban J connectivity index is 2.86. The quantitative estimate of drug-likeness (QED) is 0.739. The first-order valence-corrected chi connectivity index (χ1v) is 6.76. The number of aromatic nitrogens is 3. The van der Waals surface area contributed by atoms with Crippen LogP contribution in [0.2, 0.25) is 0 Å². The van der Waals surface area contributed by atoms with Crippen LogP contribution in [0.3, 0.4) is 0 Å². The van der Waals surface area contributed by atoms with Crippen molar-refractivity contribution in [2.75, 3.05) is 6.26 Å². The number of hydrogen-bond donors (Lipinski definition) is 0. The van der Waals surface area contributed by atoms with Crippen molar-refractivity contribution in [2.45, 2.75) is 4.90 Å². The van der Waals surface area contributed by atoms with Crippen molar-refractivity contribution in [1.82, 2.24) is 14.8 Å². The number of halogens is 1. The zero-order valence-electron chi connectivity index (χ0n) is 8.10. The molecule has 0 saturated carbocycles. The van der Waals surface area contributed by atoms with E-state index in [1.54, 1.807) is 24.0 Å². The van der Waals surface area contributed by atoms with Gasteiger partial charge in [0.2, 0.25) is 0 Å². The Kier molecular flexibility index (Phi) is 2.31. The first kappa shape index (κ1) is 10.6. The standard InChI is InChI=1S/C8H8BrN3O2S/c1-12-8-5(4-10-12)3-6(7(9)11-8)15(2,13)14/h3-4H,1-2H3. The highest BCUT2D eigenvalue weighted by atomic mass is 79.9. The van der Waals surface area contributed by atoms with Gasteiger partial charge in [0.25, 0.3) is 0 Å². The van der Waals surface area contributed by atoms with E-state index in [1.165, 1.54) is 0 Å². The van der Waals surface area contributed by atoms with Crippen LogP contribution in [0.4, 0.5) is 0 Å². The van der Waals surface area contributed by atoms with Crippen LogP contribution in [0.5, 0.6) is 0 Å². The van der Waals surface area contributed by atoms with Crippen LogP contribution in [0.1, 0.15) is 0 Å². The molecule has 0 radical (unpaired) electrons. The van der Waals surface area contributed by atoms with E-state index in [1.807, 2.05) is 0 Å². The van der Waals surface area contributed by atoms with Crippen molar-refractivity contribution >= 4 is 36.8 Å². The van der Waals surface area contributed by atoms with E-state index in [9.17, 15) is 8.42 Å². The minimum absolute atomic E-state index is 0.183. The SMILES string of the molecule is Cn1ncc2cc(S(C)(=O)=O)c(Br)nc21. The largest absolute Gasteiger partial charge is 0.250 e. The van der Waals surface area contributed by atoms with Gasteiger partial charge in [-0.3, -0.25) is 4.68 Å². The zero-order valence-corrected chi connectivity index (χ0v) is 10.5. The van der Waals surface area contributed by atoms with Crippen LogP contribution in [0, 0.1) is 0 Å². The molecule has 15 heavy (non-hydrogen) atoms. The Bertz CT molecular complexity index is 633. The van der Waals surface area contributed by atoms with Crippen molar-refractivity contribution in [1.29, 1.82) is 0 Å². The van der Waals surface area contributed by atoms with Crippen molar-refractivity contribution in [3.63, 3.8) is 0 Å².